The van der Waals surface area contributed by atoms with Gasteiger partial charge in [-0.05, 0) is 31.0 Å². The number of carbonyl (C=O) groups excluding carboxylic acids is 1. The topological polar surface area (TPSA) is 75.3 Å². The molecule has 0 aromatic heterocycles. The fraction of sp³-hybridized carbons (Fsp3) is 0.500. The number of rotatable bonds is 5. The van der Waals surface area contributed by atoms with E-state index >= 15 is 0 Å². The second kappa shape index (κ2) is 7.28. The van der Waals surface area contributed by atoms with Crippen molar-refractivity contribution in [1.82, 2.24) is 4.72 Å². The van der Waals surface area contributed by atoms with Gasteiger partial charge in [-0.15, -0.1) is 0 Å². The van der Waals surface area contributed by atoms with Crippen molar-refractivity contribution >= 4 is 33.2 Å². The first-order valence-electron chi connectivity index (χ1n) is 7.24. The molecule has 0 spiro atoms. The number of anilines is 1. The van der Waals surface area contributed by atoms with Crippen molar-refractivity contribution in [3.05, 3.63) is 28.8 Å². The maximum atomic E-state index is 12.8. The third-order valence-corrected chi connectivity index (χ3v) is 5.96. The lowest BCUT2D eigenvalue weighted by Gasteiger charge is -2.13. The molecule has 0 atom stereocenters. The highest BCUT2D eigenvalue weighted by atomic mass is 35.5. The number of nitrogens with one attached hydrogen (secondary N) is 2. The summed E-state index contributed by atoms with van der Waals surface area (Å²) >= 11 is 5.49. The molecule has 5 nitrogen and oxygen atoms in total. The van der Waals surface area contributed by atoms with Crippen LogP contribution in [-0.4, -0.2) is 26.1 Å². The summed E-state index contributed by atoms with van der Waals surface area (Å²) in [5.41, 5.74) is -1.19. The molecule has 0 saturated heterocycles. The van der Waals surface area contributed by atoms with Crippen LogP contribution in [0, 0.1) is 0 Å². The van der Waals surface area contributed by atoms with Crippen molar-refractivity contribution in [2.24, 2.45) is 0 Å². The van der Waals surface area contributed by atoms with Crippen LogP contribution >= 0.6 is 11.6 Å². The van der Waals surface area contributed by atoms with Gasteiger partial charge in [0.25, 0.3) is 0 Å². The van der Waals surface area contributed by atoms with Gasteiger partial charge in [-0.2, -0.15) is 13.2 Å². The molecular formula is C14H16ClF3N2O3S. The largest absolute Gasteiger partial charge is 0.417 e. The Kier molecular flexibility index (Phi) is 5.77. The molecule has 24 heavy (non-hydrogen) atoms. The molecule has 1 aliphatic carbocycles. The Balaban J connectivity index is 1.98. The molecule has 1 aliphatic rings. The first-order chi connectivity index (χ1) is 11.1. The van der Waals surface area contributed by atoms with Crippen molar-refractivity contribution in [3.8, 4) is 0 Å². The molecule has 1 amide bonds. The molecule has 0 radical (unpaired) electrons. The van der Waals surface area contributed by atoms with Gasteiger partial charge in [0.1, 0.15) is 0 Å². The molecule has 2 N–H and O–H groups in total. The first kappa shape index (κ1) is 19.0. The van der Waals surface area contributed by atoms with Crippen LogP contribution in [0.2, 0.25) is 5.02 Å². The minimum Gasteiger partial charge on any atom is -0.325 e. The van der Waals surface area contributed by atoms with Gasteiger partial charge in [-0.3, -0.25) is 4.79 Å². The zero-order chi connectivity index (χ0) is 18.0. The first-order valence-corrected chi connectivity index (χ1v) is 9.17. The van der Waals surface area contributed by atoms with E-state index in [0.29, 0.717) is 18.9 Å². The Bertz CT molecular complexity index is 716. The van der Waals surface area contributed by atoms with Gasteiger partial charge in [0.15, 0.2) is 0 Å². The fourth-order valence-corrected chi connectivity index (χ4v) is 4.25. The maximum absolute atomic E-state index is 12.8. The van der Waals surface area contributed by atoms with Gasteiger partial charge in [-0.1, -0.05) is 24.4 Å². The number of benzene rings is 1. The van der Waals surface area contributed by atoms with Crippen LogP contribution in [0.1, 0.15) is 31.2 Å². The average molecular weight is 385 g/mol. The number of halogens is 4. The normalized spacial score (nSPS) is 16.3. The van der Waals surface area contributed by atoms with E-state index in [1.165, 1.54) is 6.07 Å². The Labute approximate surface area is 142 Å². The number of hydrogen-bond acceptors (Lipinski definition) is 3. The summed E-state index contributed by atoms with van der Waals surface area (Å²) < 4.78 is 64.4. The van der Waals surface area contributed by atoms with Gasteiger partial charge in [0.05, 0.1) is 22.4 Å². The number of carbonyl (C=O) groups is 1. The van der Waals surface area contributed by atoms with Crippen LogP contribution in [0.15, 0.2) is 18.2 Å². The molecule has 10 heteroatoms. The van der Waals surface area contributed by atoms with E-state index in [9.17, 15) is 26.4 Å². The van der Waals surface area contributed by atoms with Crippen molar-refractivity contribution in [1.29, 1.82) is 0 Å². The van der Waals surface area contributed by atoms with Crippen LogP contribution in [0.3, 0.4) is 0 Å². The highest BCUT2D eigenvalue weighted by Crippen LogP contribution is 2.36. The van der Waals surface area contributed by atoms with E-state index in [-0.39, 0.29) is 5.69 Å². The summed E-state index contributed by atoms with van der Waals surface area (Å²) in [5.74, 6) is -0.757. The summed E-state index contributed by atoms with van der Waals surface area (Å²) in [5, 5.41) is 1.22. The molecular weight excluding hydrogens is 369 g/mol. The van der Waals surface area contributed by atoms with E-state index in [1.807, 2.05) is 0 Å². The standard InChI is InChI=1S/C14H16ClF3N2O3S/c15-12-6-5-9(7-11(12)14(16,17)18)20-13(21)8-19-24(22,23)10-3-1-2-4-10/h5-7,10,19H,1-4,8H2,(H,20,21). The summed E-state index contributed by atoms with van der Waals surface area (Å²) in [7, 11) is -3.60. The predicted molar refractivity (Wildman–Crippen MR) is 84.3 cm³/mol. The molecule has 1 fully saturated rings. The maximum Gasteiger partial charge on any atom is 0.417 e. The SMILES string of the molecule is O=C(CNS(=O)(=O)C1CCCC1)Nc1ccc(Cl)c(C(F)(F)F)c1. The number of hydrogen-bond donors (Lipinski definition) is 2. The molecule has 0 heterocycles. The van der Waals surface area contributed by atoms with E-state index in [4.69, 9.17) is 11.6 Å². The van der Waals surface area contributed by atoms with Crippen molar-refractivity contribution in [2.45, 2.75) is 37.1 Å². The van der Waals surface area contributed by atoms with Crippen molar-refractivity contribution in [2.75, 3.05) is 11.9 Å². The zero-order valence-corrected chi connectivity index (χ0v) is 14.1. The average Bonchev–Trinajstić information content (AvgIpc) is 3.01. The van der Waals surface area contributed by atoms with Gasteiger partial charge in [0, 0.05) is 5.69 Å². The fourth-order valence-electron chi connectivity index (χ4n) is 2.51. The lowest BCUT2D eigenvalue weighted by molar-refractivity contribution is -0.137. The molecule has 2 rings (SSSR count). The minimum absolute atomic E-state index is 0.114. The number of sulfonamides is 1. The van der Waals surface area contributed by atoms with Crippen LogP contribution in [0.25, 0.3) is 0 Å². The molecule has 134 valence electrons. The third kappa shape index (κ3) is 4.84. The van der Waals surface area contributed by atoms with E-state index < -0.39 is 44.5 Å². The predicted octanol–water partition coefficient (Wildman–Crippen LogP) is 3.16. The number of amides is 1. The van der Waals surface area contributed by atoms with Crippen molar-refractivity contribution in [3.63, 3.8) is 0 Å². The highest BCUT2D eigenvalue weighted by Gasteiger charge is 2.33. The minimum atomic E-state index is -4.65. The Morgan fingerprint density at radius 3 is 2.46 bits per heavy atom. The van der Waals surface area contributed by atoms with Crippen LogP contribution in [0.4, 0.5) is 18.9 Å². The van der Waals surface area contributed by atoms with Gasteiger partial charge in [-0.25, -0.2) is 13.1 Å². The van der Waals surface area contributed by atoms with E-state index in [1.54, 1.807) is 0 Å². The summed E-state index contributed by atoms with van der Waals surface area (Å²) in [6, 6.07) is 2.93. The van der Waals surface area contributed by atoms with Gasteiger partial charge in [0.2, 0.25) is 15.9 Å². The van der Waals surface area contributed by atoms with Crippen LogP contribution < -0.4 is 10.0 Å². The lowest BCUT2D eigenvalue weighted by atomic mass is 10.2. The monoisotopic (exact) mass is 384 g/mol. The molecule has 1 aromatic rings. The van der Waals surface area contributed by atoms with Gasteiger partial charge < -0.3 is 5.32 Å². The molecule has 0 aliphatic heterocycles. The molecule has 0 unspecified atom stereocenters. The second-order valence-electron chi connectivity index (χ2n) is 5.51. The second-order valence-corrected chi connectivity index (χ2v) is 7.97. The molecule has 0 bridgehead atoms. The molecule has 1 aromatic carbocycles. The number of alkyl halides is 3. The third-order valence-electron chi connectivity index (χ3n) is 3.73. The Hall–Kier alpha value is -1.32. The van der Waals surface area contributed by atoms with Gasteiger partial charge >= 0.3 is 6.18 Å². The van der Waals surface area contributed by atoms with Crippen LogP contribution in [-0.2, 0) is 21.0 Å². The Morgan fingerprint density at radius 2 is 1.88 bits per heavy atom. The zero-order valence-electron chi connectivity index (χ0n) is 12.5. The van der Waals surface area contributed by atoms with Crippen LogP contribution in [0.5, 0.6) is 0 Å². The molecule has 1 saturated carbocycles. The summed E-state index contributed by atoms with van der Waals surface area (Å²) in [6.07, 6.45) is -1.92. The lowest BCUT2D eigenvalue weighted by Crippen LogP contribution is -2.38. The van der Waals surface area contributed by atoms with E-state index in [0.717, 1.165) is 18.9 Å². The van der Waals surface area contributed by atoms with E-state index in [2.05, 4.69) is 10.0 Å². The smallest absolute Gasteiger partial charge is 0.325 e. The van der Waals surface area contributed by atoms with Crippen molar-refractivity contribution < 1.29 is 26.4 Å². The quantitative estimate of drug-likeness (QED) is 0.818. The summed E-state index contributed by atoms with van der Waals surface area (Å²) in [4.78, 5) is 11.8. The Morgan fingerprint density at radius 1 is 1.25 bits per heavy atom. The highest BCUT2D eigenvalue weighted by molar-refractivity contribution is 7.90. The summed E-state index contributed by atoms with van der Waals surface area (Å²) in [6.45, 7) is -0.539.